The molecule has 3 nitrogen and oxygen atoms in total. The predicted octanol–water partition coefficient (Wildman–Crippen LogP) is 4.12. The summed E-state index contributed by atoms with van der Waals surface area (Å²) in [5.74, 6) is 2.23. The number of thioether (sulfide) groups is 1. The molecule has 0 aromatic heterocycles. The zero-order valence-corrected chi connectivity index (χ0v) is 15.4. The molecule has 1 atom stereocenters. The maximum atomic E-state index is 12.0. The molecule has 1 amide bonds. The fourth-order valence-corrected chi connectivity index (χ4v) is 3.14. The molecule has 128 valence electrons. The molecule has 2 rings (SSSR count). The Morgan fingerprint density at radius 1 is 1.17 bits per heavy atom. The fraction of sp³-hybridized carbons (Fsp3) is 0.350. The molecule has 0 saturated carbocycles. The van der Waals surface area contributed by atoms with Crippen molar-refractivity contribution in [2.45, 2.75) is 32.6 Å². The van der Waals surface area contributed by atoms with Crippen molar-refractivity contribution in [3.63, 3.8) is 0 Å². The van der Waals surface area contributed by atoms with Gasteiger partial charge < -0.3 is 10.1 Å². The Morgan fingerprint density at radius 2 is 1.96 bits per heavy atom. The standard InChI is InChI=1S/C20H25NO2S/c1-15-7-6-9-18(11-15)13-24-14-20(22)21-17(3)12-23-19-10-5-4-8-16(19)2/h4-11,17H,12-14H2,1-3H3,(H,21,22)/t17-/m1/s1. The first-order valence-electron chi connectivity index (χ1n) is 8.15. The van der Waals surface area contributed by atoms with Crippen molar-refractivity contribution in [2.75, 3.05) is 12.4 Å². The molecular weight excluding hydrogens is 318 g/mol. The van der Waals surface area contributed by atoms with E-state index in [1.54, 1.807) is 11.8 Å². The molecule has 0 spiro atoms. The molecule has 4 heteroatoms. The third-order valence-electron chi connectivity index (χ3n) is 3.57. The van der Waals surface area contributed by atoms with Crippen LogP contribution in [0, 0.1) is 13.8 Å². The second-order valence-corrected chi connectivity index (χ2v) is 7.01. The van der Waals surface area contributed by atoms with E-state index in [2.05, 4.69) is 36.5 Å². The van der Waals surface area contributed by atoms with E-state index < -0.39 is 0 Å². The average Bonchev–Trinajstić information content (AvgIpc) is 2.54. The minimum absolute atomic E-state index is 0.0170. The van der Waals surface area contributed by atoms with Gasteiger partial charge in [0.05, 0.1) is 11.8 Å². The van der Waals surface area contributed by atoms with Crippen LogP contribution in [-0.4, -0.2) is 24.3 Å². The van der Waals surface area contributed by atoms with Gasteiger partial charge in [-0.15, -0.1) is 11.8 Å². The summed E-state index contributed by atoms with van der Waals surface area (Å²) >= 11 is 1.63. The summed E-state index contributed by atoms with van der Waals surface area (Å²) < 4.78 is 5.76. The van der Waals surface area contributed by atoms with E-state index in [0.717, 1.165) is 17.1 Å². The van der Waals surface area contributed by atoms with E-state index in [1.165, 1.54) is 11.1 Å². The normalized spacial score (nSPS) is 11.8. The number of amides is 1. The fourth-order valence-electron chi connectivity index (χ4n) is 2.35. The zero-order chi connectivity index (χ0) is 17.4. The van der Waals surface area contributed by atoms with Crippen LogP contribution in [-0.2, 0) is 10.5 Å². The number of benzene rings is 2. The Morgan fingerprint density at radius 3 is 2.71 bits per heavy atom. The Labute approximate surface area is 148 Å². The van der Waals surface area contributed by atoms with Gasteiger partial charge in [0.2, 0.25) is 5.91 Å². The number of carbonyl (C=O) groups is 1. The van der Waals surface area contributed by atoms with E-state index in [4.69, 9.17) is 4.74 Å². The summed E-state index contributed by atoms with van der Waals surface area (Å²) in [5, 5.41) is 2.98. The Balaban J connectivity index is 1.67. The number of rotatable bonds is 8. The zero-order valence-electron chi connectivity index (χ0n) is 14.5. The van der Waals surface area contributed by atoms with Gasteiger partial charge in [0.1, 0.15) is 12.4 Å². The summed E-state index contributed by atoms with van der Waals surface area (Å²) in [6.45, 7) is 6.53. The van der Waals surface area contributed by atoms with Gasteiger partial charge in [-0.2, -0.15) is 0 Å². The van der Waals surface area contributed by atoms with Gasteiger partial charge in [0, 0.05) is 5.75 Å². The first-order chi connectivity index (χ1) is 11.5. The minimum Gasteiger partial charge on any atom is -0.491 e. The van der Waals surface area contributed by atoms with Gasteiger partial charge in [0.15, 0.2) is 0 Å². The quantitative estimate of drug-likeness (QED) is 0.783. The lowest BCUT2D eigenvalue weighted by Gasteiger charge is -2.16. The molecule has 0 radical (unpaired) electrons. The van der Waals surface area contributed by atoms with Gasteiger partial charge >= 0.3 is 0 Å². The molecule has 0 aliphatic rings. The molecule has 0 heterocycles. The van der Waals surface area contributed by atoms with Crippen LogP contribution in [0.1, 0.15) is 23.6 Å². The first-order valence-corrected chi connectivity index (χ1v) is 9.31. The Bertz CT molecular complexity index is 672. The van der Waals surface area contributed by atoms with Gasteiger partial charge in [-0.05, 0) is 38.0 Å². The number of nitrogens with one attached hydrogen (secondary N) is 1. The van der Waals surface area contributed by atoms with Gasteiger partial charge in [0.25, 0.3) is 0 Å². The van der Waals surface area contributed by atoms with E-state index >= 15 is 0 Å². The number of ether oxygens (including phenoxy) is 1. The highest BCUT2D eigenvalue weighted by molar-refractivity contribution is 7.99. The molecule has 0 unspecified atom stereocenters. The topological polar surface area (TPSA) is 38.3 Å². The smallest absolute Gasteiger partial charge is 0.230 e. The van der Waals surface area contributed by atoms with Crippen molar-refractivity contribution in [1.82, 2.24) is 5.32 Å². The second kappa shape index (κ2) is 9.38. The number of carbonyl (C=O) groups excluding carboxylic acids is 1. The van der Waals surface area contributed by atoms with Crippen molar-refractivity contribution in [3.05, 3.63) is 65.2 Å². The molecule has 2 aromatic rings. The molecule has 0 aliphatic heterocycles. The lowest BCUT2D eigenvalue weighted by molar-refractivity contribution is -0.119. The average molecular weight is 343 g/mol. The molecule has 1 N–H and O–H groups in total. The summed E-state index contributed by atoms with van der Waals surface area (Å²) in [6.07, 6.45) is 0. The van der Waals surface area contributed by atoms with Crippen LogP contribution >= 0.6 is 11.8 Å². The molecule has 24 heavy (non-hydrogen) atoms. The van der Waals surface area contributed by atoms with Crippen LogP contribution in [0.2, 0.25) is 0 Å². The lowest BCUT2D eigenvalue weighted by atomic mass is 10.2. The SMILES string of the molecule is Cc1cccc(CSCC(=O)N[C@H](C)COc2ccccc2C)c1. The van der Waals surface area contributed by atoms with Crippen LogP contribution in [0.4, 0.5) is 0 Å². The second-order valence-electron chi connectivity index (χ2n) is 6.03. The first kappa shape index (κ1) is 18.4. The molecule has 2 aromatic carbocycles. The van der Waals surface area contributed by atoms with Crippen LogP contribution < -0.4 is 10.1 Å². The summed E-state index contributed by atoms with van der Waals surface area (Å²) in [7, 11) is 0. The van der Waals surface area contributed by atoms with Crippen LogP contribution in [0.5, 0.6) is 5.75 Å². The summed E-state index contributed by atoms with van der Waals surface area (Å²) in [4.78, 5) is 12.0. The van der Waals surface area contributed by atoms with E-state index in [-0.39, 0.29) is 11.9 Å². The molecule has 0 saturated heterocycles. The van der Waals surface area contributed by atoms with Crippen molar-refractivity contribution in [2.24, 2.45) is 0 Å². The highest BCUT2D eigenvalue weighted by atomic mass is 32.2. The molecule has 0 aliphatic carbocycles. The van der Waals surface area contributed by atoms with E-state index in [0.29, 0.717) is 12.4 Å². The van der Waals surface area contributed by atoms with Crippen molar-refractivity contribution in [3.8, 4) is 5.75 Å². The summed E-state index contributed by atoms with van der Waals surface area (Å²) in [6, 6.07) is 16.3. The Kier molecular flexibility index (Phi) is 7.19. The minimum atomic E-state index is -0.0170. The van der Waals surface area contributed by atoms with Gasteiger partial charge in [-0.3, -0.25) is 4.79 Å². The highest BCUT2D eigenvalue weighted by Gasteiger charge is 2.09. The molecular formula is C20H25NO2S. The number of aryl methyl sites for hydroxylation is 2. The van der Waals surface area contributed by atoms with Gasteiger partial charge in [-0.25, -0.2) is 0 Å². The number of para-hydroxylation sites is 1. The van der Waals surface area contributed by atoms with Crippen molar-refractivity contribution in [1.29, 1.82) is 0 Å². The predicted molar refractivity (Wildman–Crippen MR) is 102 cm³/mol. The van der Waals surface area contributed by atoms with Crippen LogP contribution in [0.25, 0.3) is 0 Å². The van der Waals surface area contributed by atoms with E-state index in [9.17, 15) is 4.79 Å². The van der Waals surface area contributed by atoms with Gasteiger partial charge in [-0.1, -0.05) is 48.0 Å². The highest BCUT2D eigenvalue weighted by Crippen LogP contribution is 2.16. The lowest BCUT2D eigenvalue weighted by Crippen LogP contribution is -2.37. The third kappa shape index (κ3) is 6.28. The Hall–Kier alpha value is -1.94. The number of hydrogen-bond acceptors (Lipinski definition) is 3. The maximum absolute atomic E-state index is 12.0. The molecule has 0 bridgehead atoms. The number of hydrogen-bond donors (Lipinski definition) is 1. The largest absolute Gasteiger partial charge is 0.491 e. The maximum Gasteiger partial charge on any atom is 0.230 e. The van der Waals surface area contributed by atoms with E-state index in [1.807, 2.05) is 38.1 Å². The summed E-state index contributed by atoms with van der Waals surface area (Å²) in [5.41, 5.74) is 3.60. The third-order valence-corrected chi connectivity index (χ3v) is 4.58. The van der Waals surface area contributed by atoms with Crippen molar-refractivity contribution < 1.29 is 9.53 Å². The van der Waals surface area contributed by atoms with Crippen molar-refractivity contribution >= 4 is 17.7 Å². The van der Waals surface area contributed by atoms with Crippen LogP contribution in [0.15, 0.2) is 48.5 Å². The monoisotopic (exact) mass is 343 g/mol. The van der Waals surface area contributed by atoms with Crippen LogP contribution in [0.3, 0.4) is 0 Å². The molecule has 0 fully saturated rings.